The van der Waals surface area contributed by atoms with Crippen LogP contribution in [0.4, 0.5) is 5.69 Å². The van der Waals surface area contributed by atoms with Crippen LogP contribution in [0.1, 0.15) is 5.56 Å². The second-order valence-corrected chi connectivity index (χ2v) is 7.89. The topological polar surface area (TPSA) is 118 Å². The van der Waals surface area contributed by atoms with Gasteiger partial charge in [-0.1, -0.05) is 23.7 Å². The van der Waals surface area contributed by atoms with Gasteiger partial charge in [0.15, 0.2) is 0 Å². The second kappa shape index (κ2) is 7.81. The zero-order chi connectivity index (χ0) is 19.5. The molecule has 0 unspecified atom stereocenters. The number of benzene rings is 2. The highest BCUT2D eigenvalue weighted by atomic mass is 35.5. The van der Waals surface area contributed by atoms with Crippen molar-refractivity contribution in [2.24, 2.45) is 0 Å². The fourth-order valence-corrected chi connectivity index (χ4v) is 3.77. The van der Waals surface area contributed by atoms with E-state index in [1.807, 2.05) is 0 Å². The second-order valence-electron chi connectivity index (χ2n) is 5.46. The van der Waals surface area contributed by atoms with Gasteiger partial charge in [0.25, 0.3) is 5.69 Å². The normalized spacial score (nSPS) is 12.7. The molecule has 0 radical (unpaired) electrons. The summed E-state index contributed by atoms with van der Waals surface area (Å²) in [5, 5.41) is 20.7. The van der Waals surface area contributed by atoms with Gasteiger partial charge < -0.3 is 5.11 Å². The number of carboxylic acids is 1. The molecule has 0 aromatic heterocycles. The zero-order valence-electron chi connectivity index (χ0n) is 13.6. The highest BCUT2D eigenvalue weighted by Gasteiger charge is 2.33. The van der Waals surface area contributed by atoms with E-state index in [2.05, 4.69) is 0 Å². The van der Waals surface area contributed by atoms with Crippen molar-refractivity contribution in [2.45, 2.75) is 17.4 Å². The minimum Gasteiger partial charge on any atom is -0.480 e. The summed E-state index contributed by atoms with van der Waals surface area (Å²) in [6.07, 6.45) is -0.222. The van der Waals surface area contributed by atoms with Crippen molar-refractivity contribution < 1.29 is 23.2 Å². The van der Waals surface area contributed by atoms with Crippen LogP contribution in [0, 0.1) is 10.1 Å². The molecule has 2 rings (SSSR count). The fraction of sp³-hybridized carbons (Fsp3) is 0.188. The van der Waals surface area contributed by atoms with E-state index < -0.39 is 27.0 Å². The van der Waals surface area contributed by atoms with Crippen molar-refractivity contribution in [3.05, 3.63) is 69.2 Å². The molecule has 2 aromatic carbocycles. The molecule has 0 aliphatic rings. The van der Waals surface area contributed by atoms with Gasteiger partial charge in [-0.15, -0.1) is 0 Å². The van der Waals surface area contributed by atoms with Gasteiger partial charge >= 0.3 is 5.97 Å². The van der Waals surface area contributed by atoms with Gasteiger partial charge in [0, 0.05) is 24.2 Å². The summed E-state index contributed by atoms with van der Waals surface area (Å²) in [5.41, 5.74) is 0.139. The van der Waals surface area contributed by atoms with Crippen LogP contribution in [0.3, 0.4) is 0 Å². The van der Waals surface area contributed by atoms with E-state index in [-0.39, 0.29) is 17.0 Å². The number of sulfonamides is 1. The maximum absolute atomic E-state index is 12.7. The van der Waals surface area contributed by atoms with Crippen LogP contribution in [-0.4, -0.2) is 41.8 Å². The number of carboxylic acid groups (broad SMARTS) is 1. The zero-order valence-corrected chi connectivity index (χ0v) is 15.1. The Morgan fingerprint density at radius 1 is 1.27 bits per heavy atom. The van der Waals surface area contributed by atoms with Crippen LogP contribution >= 0.6 is 11.6 Å². The third kappa shape index (κ3) is 4.37. The van der Waals surface area contributed by atoms with E-state index >= 15 is 0 Å². The fourth-order valence-electron chi connectivity index (χ4n) is 2.33. The molecular formula is C16H15ClN2O6S. The number of hydrogen-bond acceptors (Lipinski definition) is 5. The van der Waals surface area contributed by atoms with Gasteiger partial charge in [0.05, 0.1) is 9.82 Å². The van der Waals surface area contributed by atoms with Crippen molar-refractivity contribution in [3.63, 3.8) is 0 Å². The first-order chi connectivity index (χ1) is 12.1. The number of hydrogen-bond donors (Lipinski definition) is 1. The summed E-state index contributed by atoms with van der Waals surface area (Å²) in [4.78, 5) is 21.8. The lowest BCUT2D eigenvalue weighted by Gasteiger charge is -2.24. The Kier molecular flexibility index (Phi) is 5.96. The van der Waals surface area contributed by atoms with E-state index in [0.717, 1.165) is 11.4 Å². The number of nitro groups is 1. The Bertz CT molecular complexity index is 930. The lowest BCUT2D eigenvalue weighted by molar-refractivity contribution is -0.384. The summed E-state index contributed by atoms with van der Waals surface area (Å²) in [6, 6.07) is 9.31. The summed E-state index contributed by atoms with van der Waals surface area (Å²) >= 11 is 5.74. The number of halogens is 1. The SMILES string of the molecule is CN([C@H](Cc1cccc([N+](=O)[O-])c1)C(=O)O)S(=O)(=O)c1ccc(Cl)cc1. The molecule has 0 bridgehead atoms. The summed E-state index contributed by atoms with van der Waals surface area (Å²) in [5.74, 6) is -1.36. The van der Waals surface area contributed by atoms with Crippen LogP contribution in [0.5, 0.6) is 0 Å². The van der Waals surface area contributed by atoms with Gasteiger partial charge in [-0.2, -0.15) is 4.31 Å². The van der Waals surface area contributed by atoms with E-state index in [9.17, 15) is 28.4 Å². The lowest BCUT2D eigenvalue weighted by Crippen LogP contribution is -2.43. The van der Waals surface area contributed by atoms with Gasteiger partial charge in [-0.3, -0.25) is 14.9 Å². The highest BCUT2D eigenvalue weighted by molar-refractivity contribution is 7.89. The predicted molar refractivity (Wildman–Crippen MR) is 94.6 cm³/mol. The number of likely N-dealkylation sites (N-methyl/N-ethyl adjacent to an activating group) is 1. The van der Waals surface area contributed by atoms with E-state index in [4.69, 9.17) is 11.6 Å². The van der Waals surface area contributed by atoms with Gasteiger partial charge in [-0.25, -0.2) is 8.42 Å². The van der Waals surface area contributed by atoms with Gasteiger partial charge in [-0.05, 0) is 36.2 Å². The van der Waals surface area contributed by atoms with Crippen molar-refractivity contribution in [3.8, 4) is 0 Å². The van der Waals surface area contributed by atoms with Crippen LogP contribution in [0.25, 0.3) is 0 Å². The molecule has 138 valence electrons. The monoisotopic (exact) mass is 398 g/mol. The molecule has 10 heteroatoms. The average molecular weight is 399 g/mol. The van der Waals surface area contributed by atoms with Crippen molar-refractivity contribution in [2.75, 3.05) is 7.05 Å². The molecule has 0 amide bonds. The third-order valence-corrected chi connectivity index (χ3v) is 5.90. The first-order valence-electron chi connectivity index (χ1n) is 7.32. The largest absolute Gasteiger partial charge is 0.480 e. The maximum atomic E-state index is 12.7. The Hall–Kier alpha value is -2.49. The molecule has 0 aliphatic carbocycles. The number of rotatable bonds is 7. The Labute approximate surface area is 154 Å². The molecule has 1 N–H and O–H groups in total. The summed E-state index contributed by atoms with van der Waals surface area (Å²) in [6.45, 7) is 0. The first kappa shape index (κ1) is 19.8. The molecule has 0 saturated carbocycles. The number of nitrogens with zero attached hydrogens (tertiary/aromatic N) is 2. The predicted octanol–water partition coefficient (Wildman–Crippen LogP) is 2.56. The van der Waals surface area contributed by atoms with Crippen molar-refractivity contribution in [1.29, 1.82) is 0 Å². The third-order valence-electron chi connectivity index (χ3n) is 3.77. The summed E-state index contributed by atoms with van der Waals surface area (Å²) < 4.78 is 26.1. The maximum Gasteiger partial charge on any atom is 0.322 e. The average Bonchev–Trinajstić information content (AvgIpc) is 2.59. The Morgan fingerprint density at radius 2 is 1.88 bits per heavy atom. The van der Waals surface area contributed by atoms with E-state index in [1.165, 1.54) is 48.5 Å². The van der Waals surface area contributed by atoms with Gasteiger partial charge in [0.2, 0.25) is 10.0 Å². The molecule has 0 aliphatic heterocycles. The number of nitro benzene ring substituents is 1. The molecule has 2 aromatic rings. The number of carbonyl (C=O) groups is 1. The molecule has 0 fully saturated rings. The van der Waals surface area contributed by atoms with E-state index in [1.54, 1.807) is 0 Å². The highest BCUT2D eigenvalue weighted by Crippen LogP contribution is 2.22. The standard InChI is InChI=1S/C16H15ClN2O6S/c1-18(26(24,25)14-7-5-12(17)6-8-14)15(16(20)21)10-11-3-2-4-13(9-11)19(22)23/h2-9,15H,10H2,1H3,(H,20,21)/t15-/m1/s1. The first-order valence-corrected chi connectivity index (χ1v) is 9.14. The number of aliphatic carboxylic acids is 1. The number of non-ortho nitro benzene ring substituents is 1. The van der Waals surface area contributed by atoms with Crippen molar-refractivity contribution >= 4 is 33.3 Å². The lowest BCUT2D eigenvalue weighted by atomic mass is 10.1. The molecular weight excluding hydrogens is 384 g/mol. The van der Waals surface area contributed by atoms with Crippen LogP contribution in [0.2, 0.25) is 5.02 Å². The van der Waals surface area contributed by atoms with Crippen molar-refractivity contribution in [1.82, 2.24) is 4.31 Å². The molecule has 1 atom stereocenters. The van der Waals surface area contributed by atoms with Crippen LogP contribution < -0.4 is 0 Å². The molecule has 0 heterocycles. The van der Waals surface area contributed by atoms with E-state index in [0.29, 0.717) is 10.6 Å². The Morgan fingerprint density at radius 3 is 2.42 bits per heavy atom. The summed E-state index contributed by atoms with van der Waals surface area (Å²) in [7, 11) is -2.93. The Balaban J connectivity index is 2.34. The molecule has 0 spiro atoms. The molecule has 26 heavy (non-hydrogen) atoms. The molecule has 8 nitrogen and oxygen atoms in total. The quantitative estimate of drug-likeness (QED) is 0.565. The molecule has 0 saturated heterocycles. The van der Waals surface area contributed by atoms with Crippen LogP contribution in [-0.2, 0) is 21.2 Å². The van der Waals surface area contributed by atoms with Gasteiger partial charge in [0.1, 0.15) is 6.04 Å². The van der Waals surface area contributed by atoms with Crippen LogP contribution in [0.15, 0.2) is 53.4 Å². The minimum atomic E-state index is -4.09. The smallest absolute Gasteiger partial charge is 0.322 e. The minimum absolute atomic E-state index is 0.102.